The molecule has 12 heteroatoms. The van der Waals surface area contributed by atoms with E-state index in [1.54, 1.807) is 19.9 Å². The first-order valence-corrected chi connectivity index (χ1v) is 16.2. The van der Waals surface area contributed by atoms with Gasteiger partial charge in [-0.2, -0.15) is 4.31 Å². The zero-order chi connectivity index (χ0) is 31.0. The molecule has 44 heavy (non-hydrogen) atoms. The number of hydrogen-bond donors (Lipinski definition) is 1. The molecular weight excluding hydrogens is 582 g/mol. The van der Waals surface area contributed by atoms with Gasteiger partial charge in [0.05, 0.1) is 25.2 Å². The first-order valence-electron chi connectivity index (χ1n) is 14.8. The first-order chi connectivity index (χ1) is 20.9. The number of carboxylic acid groups (broad SMARTS) is 1. The van der Waals surface area contributed by atoms with Crippen LogP contribution in [0.5, 0.6) is 5.88 Å². The van der Waals surface area contributed by atoms with E-state index in [0.717, 1.165) is 52.1 Å². The number of pyridine rings is 2. The Morgan fingerprint density at radius 2 is 1.93 bits per heavy atom. The summed E-state index contributed by atoms with van der Waals surface area (Å²) in [5.74, 6) is -0.0556. The normalized spacial score (nSPS) is 20.0. The molecule has 0 bridgehead atoms. The monoisotopic (exact) mass is 617 g/mol. The number of benzene rings is 1. The Morgan fingerprint density at radius 3 is 2.61 bits per heavy atom. The molecule has 1 aromatic carbocycles. The van der Waals surface area contributed by atoms with Crippen LogP contribution in [0.4, 0.5) is 0 Å². The average molecular weight is 618 g/mol. The van der Waals surface area contributed by atoms with E-state index in [-0.39, 0.29) is 37.1 Å². The van der Waals surface area contributed by atoms with Crippen LogP contribution in [-0.2, 0) is 26.1 Å². The van der Waals surface area contributed by atoms with E-state index in [0.29, 0.717) is 5.92 Å². The lowest BCUT2D eigenvalue weighted by atomic mass is 9.70. The molecule has 1 saturated carbocycles. The highest BCUT2D eigenvalue weighted by molar-refractivity contribution is 7.89. The molecule has 3 aliphatic rings. The molecule has 230 valence electrons. The van der Waals surface area contributed by atoms with Gasteiger partial charge in [-0.15, -0.1) is 10.2 Å². The zero-order valence-corrected chi connectivity index (χ0v) is 26.0. The van der Waals surface area contributed by atoms with Crippen LogP contribution in [0, 0.1) is 19.3 Å². The van der Waals surface area contributed by atoms with Crippen molar-refractivity contribution in [2.45, 2.75) is 69.4 Å². The van der Waals surface area contributed by atoms with E-state index in [9.17, 15) is 18.3 Å². The summed E-state index contributed by atoms with van der Waals surface area (Å²) in [5.41, 5.74) is 2.86. The van der Waals surface area contributed by atoms with Gasteiger partial charge in [-0.25, -0.2) is 13.4 Å². The largest absolute Gasteiger partial charge is 0.481 e. The van der Waals surface area contributed by atoms with Crippen molar-refractivity contribution in [3.05, 3.63) is 82.4 Å². The second-order valence-corrected chi connectivity index (χ2v) is 14.8. The van der Waals surface area contributed by atoms with E-state index in [1.165, 1.54) is 16.6 Å². The van der Waals surface area contributed by atoms with Gasteiger partial charge < -0.3 is 14.6 Å². The van der Waals surface area contributed by atoms with E-state index >= 15 is 0 Å². The molecule has 1 N–H and O–H groups in total. The van der Waals surface area contributed by atoms with Gasteiger partial charge in [-0.3, -0.25) is 9.20 Å². The standard InChI is InChI=1S/C32H35N5O6S/c1-19-7-8-22(14-23(19)15-36-16-32(17-42-18-32)43-29-25(44(36,40)41)6-5-12-33-29)26(31(3,4)30(38)39)24-11-13-37-27(20(24)2)34-35-28(37)21-9-10-21/h5-8,11-14,21,26H,9-10,15-18H2,1-4H3,(H,38,39)/t26-/m0/s1. The van der Waals surface area contributed by atoms with Crippen LogP contribution in [0.2, 0.25) is 0 Å². The fourth-order valence-corrected chi connectivity index (χ4v) is 8.00. The molecule has 2 fully saturated rings. The summed E-state index contributed by atoms with van der Waals surface area (Å²) in [7, 11) is -3.96. The van der Waals surface area contributed by atoms with Gasteiger partial charge in [0.15, 0.2) is 11.2 Å². The van der Waals surface area contributed by atoms with Crippen molar-refractivity contribution in [2.75, 3.05) is 19.8 Å². The molecule has 7 rings (SSSR count). The Kier molecular flexibility index (Phi) is 6.61. The number of aryl methyl sites for hydroxylation is 2. The molecular formula is C32H35N5O6S. The van der Waals surface area contributed by atoms with Crippen LogP contribution < -0.4 is 4.74 Å². The van der Waals surface area contributed by atoms with Crippen molar-refractivity contribution < 1.29 is 27.8 Å². The highest BCUT2D eigenvalue weighted by atomic mass is 32.2. The Bertz CT molecular complexity index is 1910. The van der Waals surface area contributed by atoms with Gasteiger partial charge in [0, 0.05) is 30.8 Å². The van der Waals surface area contributed by atoms with Crippen LogP contribution in [0.15, 0.2) is 53.7 Å². The number of aliphatic carboxylic acids is 1. The van der Waals surface area contributed by atoms with Crippen molar-refractivity contribution in [2.24, 2.45) is 5.41 Å². The number of carbonyl (C=O) groups is 1. The maximum Gasteiger partial charge on any atom is 0.310 e. The third kappa shape index (κ3) is 4.58. The van der Waals surface area contributed by atoms with Crippen LogP contribution in [-0.4, -0.2) is 68.7 Å². The predicted octanol–water partition coefficient (Wildman–Crippen LogP) is 4.21. The van der Waals surface area contributed by atoms with Crippen molar-refractivity contribution in [1.82, 2.24) is 23.9 Å². The lowest BCUT2D eigenvalue weighted by Gasteiger charge is -2.41. The molecule has 0 amide bonds. The van der Waals surface area contributed by atoms with E-state index < -0.39 is 32.9 Å². The molecule has 1 aliphatic carbocycles. The highest BCUT2D eigenvalue weighted by Crippen LogP contribution is 2.45. The number of nitrogens with zero attached hydrogens (tertiary/aromatic N) is 5. The molecule has 3 aromatic heterocycles. The molecule has 1 spiro atoms. The van der Waals surface area contributed by atoms with Gasteiger partial charge in [0.1, 0.15) is 10.7 Å². The van der Waals surface area contributed by atoms with Crippen LogP contribution >= 0.6 is 0 Å². The number of aromatic nitrogens is 4. The minimum absolute atomic E-state index is 0.0188. The van der Waals surface area contributed by atoms with E-state index in [1.807, 2.05) is 48.7 Å². The lowest BCUT2D eigenvalue weighted by Crippen LogP contribution is -2.60. The minimum atomic E-state index is -3.96. The SMILES string of the molecule is Cc1ccc([C@@H](c2ccn3c(C4CC4)nnc3c2C)C(C)(C)C(=O)O)cc1CN1CC2(COC2)Oc2ncccc2S1(=O)=O. The fraction of sp³-hybridized carbons (Fsp3) is 0.438. The van der Waals surface area contributed by atoms with Crippen molar-refractivity contribution in [3.8, 4) is 5.88 Å². The van der Waals surface area contributed by atoms with Crippen LogP contribution in [0.1, 0.15) is 72.2 Å². The Balaban J connectivity index is 1.32. The quantitative estimate of drug-likeness (QED) is 0.323. The minimum Gasteiger partial charge on any atom is -0.481 e. The summed E-state index contributed by atoms with van der Waals surface area (Å²) in [6, 6.07) is 10.9. The third-order valence-electron chi connectivity index (χ3n) is 9.34. The van der Waals surface area contributed by atoms with Gasteiger partial charge in [-0.05, 0) is 86.6 Å². The number of fused-ring (bicyclic) bond motifs is 2. The van der Waals surface area contributed by atoms with Gasteiger partial charge in [0.25, 0.3) is 0 Å². The smallest absolute Gasteiger partial charge is 0.310 e. The summed E-state index contributed by atoms with van der Waals surface area (Å²) < 4.78 is 42.9. The number of hydrogen-bond acceptors (Lipinski definition) is 8. The molecule has 4 aromatic rings. The fourth-order valence-electron chi connectivity index (χ4n) is 6.44. The number of rotatable bonds is 7. The van der Waals surface area contributed by atoms with Crippen LogP contribution in [0.25, 0.3) is 5.65 Å². The van der Waals surface area contributed by atoms with E-state index in [2.05, 4.69) is 15.2 Å². The topological polar surface area (TPSA) is 136 Å². The average Bonchev–Trinajstić information content (AvgIpc) is 3.73. The lowest BCUT2D eigenvalue weighted by molar-refractivity contribution is -0.166. The molecule has 1 saturated heterocycles. The first kappa shape index (κ1) is 28.9. The third-order valence-corrected chi connectivity index (χ3v) is 11.1. The summed E-state index contributed by atoms with van der Waals surface area (Å²) >= 11 is 0. The molecule has 2 aliphatic heterocycles. The molecule has 0 radical (unpaired) electrons. The van der Waals surface area contributed by atoms with Crippen LogP contribution in [0.3, 0.4) is 0 Å². The molecule has 11 nitrogen and oxygen atoms in total. The predicted molar refractivity (Wildman–Crippen MR) is 160 cm³/mol. The van der Waals surface area contributed by atoms with Crippen molar-refractivity contribution in [1.29, 1.82) is 0 Å². The summed E-state index contributed by atoms with van der Waals surface area (Å²) in [6.07, 6.45) is 5.65. The number of ether oxygens (including phenoxy) is 2. The maximum atomic E-state index is 14.0. The number of sulfonamides is 1. The second-order valence-electron chi connectivity index (χ2n) is 12.9. The van der Waals surface area contributed by atoms with Gasteiger partial charge in [-0.1, -0.05) is 18.2 Å². The highest BCUT2D eigenvalue weighted by Gasteiger charge is 2.49. The Hall–Kier alpha value is -3.87. The van der Waals surface area contributed by atoms with Crippen molar-refractivity contribution >= 4 is 21.6 Å². The molecule has 1 atom stereocenters. The summed E-state index contributed by atoms with van der Waals surface area (Å²) in [5, 5.41) is 19.4. The number of carboxylic acids is 1. The molecule has 5 heterocycles. The maximum absolute atomic E-state index is 14.0. The van der Waals surface area contributed by atoms with Gasteiger partial charge >= 0.3 is 5.97 Å². The van der Waals surface area contributed by atoms with Crippen molar-refractivity contribution in [3.63, 3.8) is 0 Å². The molecule has 0 unspecified atom stereocenters. The summed E-state index contributed by atoms with van der Waals surface area (Å²) in [4.78, 5) is 17.0. The zero-order valence-electron chi connectivity index (χ0n) is 25.1. The Labute approximate surface area is 255 Å². The Morgan fingerprint density at radius 1 is 1.16 bits per heavy atom. The van der Waals surface area contributed by atoms with E-state index in [4.69, 9.17) is 9.47 Å². The summed E-state index contributed by atoms with van der Waals surface area (Å²) in [6.45, 7) is 8.05. The second kappa shape index (κ2) is 10.1. The van der Waals surface area contributed by atoms with Gasteiger partial charge in [0.2, 0.25) is 15.9 Å².